The van der Waals surface area contributed by atoms with Crippen LogP contribution in [0.25, 0.3) is 0 Å². The second kappa shape index (κ2) is 5.54. The predicted octanol–water partition coefficient (Wildman–Crippen LogP) is 2.76. The molecule has 2 rings (SSSR count). The molecule has 0 radical (unpaired) electrons. The van der Waals surface area contributed by atoms with E-state index in [-0.39, 0.29) is 11.8 Å². The quantitative estimate of drug-likeness (QED) is 0.802. The maximum absolute atomic E-state index is 10.9. The first-order chi connectivity index (χ1) is 8.60. The lowest BCUT2D eigenvalue weighted by Gasteiger charge is -2.21. The molecule has 2 heterocycles. The SMILES string of the molecule is CCN(Cc1cnc(Cl)c(Cl)c1)C1=NC(=O)OC1. The maximum Gasteiger partial charge on any atom is 0.435 e. The van der Waals surface area contributed by atoms with Gasteiger partial charge in [-0.25, -0.2) is 9.78 Å². The number of rotatable bonds is 3. The Kier molecular flexibility index (Phi) is 4.04. The molecule has 0 unspecified atom stereocenters. The van der Waals surface area contributed by atoms with Crippen LogP contribution in [0.1, 0.15) is 12.5 Å². The normalized spacial score (nSPS) is 14.4. The molecule has 96 valence electrons. The van der Waals surface area contributed by atoms with Gasteiger partial charge in [-0.05, 0) is 18.6 Å². The zero-order valence-electron chi connectivity index (χ0n) is 9.69. The standard InChI is InChI=1S/C11H11Cl2N3O2/c1-2-16(9-6-18-11(17)15-9)5-7-3-8(12)10(13)14-4-7/h3-4H,2,5-6H2,1H3. The molecule has 0 atom stereocenters. The van der Waals surface area contributed by atoms with Crippen LogP contribution >= 0.6 is 23.2 Å². The summed E-state index contributed by atoms with van der Waals surface area (Å²) in [6, 6.07) is 1.75. The van der Waals surface area contributed by atoms with Gasteiger partial charge in [0.1, 0.15) is 5.15 Å². The fraction of sp³-hybridized carbons (Fsp3) is 0.364. The van der Waals surface area contributed by atoms with Crippen molar-refractivity contribution in [3.63, 3.8) is 0 Å². The van der Waals surface area contributed by atoms with Crippen molar-refractivity contribution in [1.82, 2.24) is 9.88 Å². The average molecular weight is 288 g/mol. The molecular weight excluding hydrogens is 277 g/mol. The molecule has 0 bridgehead atoms. The third-order valence-electron chi connectivity index (χ3n) is 2.52. The molecule has 0 saturated carbocycles. The molecule has 18 heavy (non-hydrogen) atoms. The fourth-order valence-electron chi connectivity index (χ4n) is 1.61. The third kappa shape index (κ3) is 2.91. The molecule has 1 amide bonds. The van der Waals surface area contributed by atoms with Crippen molar-refractivity contribution in [1.29, 1.82) is 0 Å². The van der Waals surface area contributed by atoms with E-state index < -0.39 is 6.09 Å². The summed E-state index contributed by atoms with van der Waals surface area (Å²) >= 11 is 11.7. The van der Waals surface area contributed by atoms with E-state index in [2.05, 4.69) is 9.98 Å². The van der Waals surface area contributed by atoms with Crippen LogP contribution in [0.2, 0.25) is 10.2 Å². The first kappa shape index (κ1) is 13.1. The summed E-state index contributed by atoms with van der Waals surface area (Å²) in [5.74, 6) is 0.619. The largest absolute Gasteiger partial charge is 0.440 e. The van der Waals surface area contributed by atoms with Crippen LogP contribution in [0.3, 0.4) is 0 Å². The smallest absolute Gasteiger partial charge is 0.435 e. The monoisotopic (exact) mass is 287 g/mol. The Labute approximate surface area is 114 Å². The highest BCUT2D eigenvalue weighted by molar-refractivity contribution is 6.41. The van der Waals surface area contributed by atoms with E-state index in [1.54, 1.807) is 12.3 Å². The number of amidine groups is 1. The first-order valence-corrected chi connectivity index (χ1v) is 6.15. The summed E-state index contributed by atoms with van der Waals surface area (Å²) in [7, 11) is 0. The second-order valence-electron chi connectivity index (χ2n) is 3.71. The number of likely N-dealkylation sites (N-methyl/N-ethyl adjacent to an activating group) is 1. The van der Waals surface area contributed by atoms with Gasteiger partial charge in [-0.15, -0.1) is 0 Å². The molecule has 1 aromatic heterocycles. The van der Waals surface area contributed by atoms with Crippen LogP contribution < -0.4 is 0 Å². The van der Waals surface area contributed by atoms with Crippen LogP contribution in [0.4, 0.5) is 4.79 Å². The number of cyclic esters (lactones) is 1. The maximum atomic E-state index is 10.9. The van der Waals surface area contributed by atoms with Crippen LogP contribution in [0.5, 0.6) is 0 Å². The van der Waals surface area contributed by atoms with Gasteiger partial charge in [-0.1, -0.05) is 23.2 Å². The van der Waals surface area contributed by atoms with Crippen molar-refractivity contribution in [2.75, 3.05) is 13.2 Å². The minimum Gasteiger partial charge on any atom is -0.440 e. The molecule has 0 fully saturated rings. The van der Waals surface area contributed by atoms with Gasteiger partial charge in [0.25, 0.3) is 0 Å². The Balaban J connectivity index is 2.13. The third-order valence-corrected chi connectivity index (χ3v) is 3.20. The molecule has 1 aliphatic rings. The zero-order valence-corrected chi connectivity index (χ0v) is 11.2. The summed E-state index contributed by atoms with van der Waals surface area (Å²) in [4.78, 5) is 20.6. The molecule has 0 aliphatic carbocycles. The Bertz CT molecular complexity index is 505. The number of carbonyl (C=O) groups excluding carboxylic acids is 1. The van der Waals surface area contributed by atoms with Crippen molar-refractivity contribution in [3.8, 4) is 0 Å². The van der Waals surface area contributed by atoms with Crippen LogP contribution in [-0.2, 0) is 11.3 Å². The number of ether oxygens (including phenoxy) is 1. The number of aromatic nitrogens is 1. The Morgan fingerprint density at radius 3 is 2.83 bits per heavy atom. The number of hydrogen-bond acceptors (Lipinski definition) is 4. The van der Waals surface area contributed by atoms with Crippen LogP contribution in [-0.4, -0.2) is 35.0 Å². The molecule has 0 N–H and O–H groups in total. The van der Waals surface area contributed by atoms with E-state index in [1.807, 2.05) is 11.8 Å². The minimum atomic E-state index is -0.546. The number of nitrogens with zero attached hydrogens (tertiary/aromatic N) is 3. The summed E-state index contributed by atoms with van der Waals surface area (Å²) in [6.45, 7) is 3.43. The molecule has 0 aromatic carbocycles. The number of pyridine rings is 1. The Hall–Kier alpha value is -1.33. The van der Waals surface area contributed by atoms with Gasteiger partial charge in [-0.3, -0.25) is 0 Å². The van der Waals surface area contributed by atoms with Gasteiger partial charge in [0.2, 0.25) is 0 Å². The summed E-state index contributed by atoms with van der Waals surface area (Å²) in [5, 5.41) is 0.686. The number of aliphatic imine (C=N–C) groups is 1. The van der Waals surface area contributed by atoms with Gasteiger partial charge in [-0.2, -0.15) is 4.99 Å². The molecule has 5 nitrogen and oxygen atoms in total. The van der Waals surface area contributed by atoms with Gasteiger partial charge >= 0.3 is 6.09 Å². The molecule has 1 aliphatic heterocycles. The van der Waals surface area contributed by atoms with E-state index in [0.717, 1.165) is 5.56 Å². The second-order valence-corrected chi connectivity index (χ2v) is 4.48. The summed E-state index contributed by atoms with van der Waals surface area (Å²) in [6.07, 6.45) is 1.10. The number of carbonyl (C=O) groups is 1. The van der Waals surface area contributed by atoms with E-state index in [0.29, 0.717) is 23.9 Å². The van der Waals surface area contributed by atoms with Crippen molar-refractivity contribution in [2.45, 2.75) is 13.5 Å². The van der Waals surface area contributed by atoms with E-state index in [4.69, 9.17) is 27.9 Å². The fourth-order valence-corrected chi connectivity index (χ4v) is 1.90. The summed E-state index contributed by atoms with van der Waals surface area (Å²) in [5.41, 5.74) is 0.897. The minimum absolute atomic E-state index is 0.210. The lowest BCUT2D eigenvalue weighted by Crippen LogP contribution is -2.31. The van der Waals surface area contributed by atoms with Gasteiger partial charge in [0.05, 0.1) is 5.02 Å². The van der Waals surface area contributed by atoms with Crippen molar-refractivity contribution in [3.05, 3.63) is 28.0 Å². The van der Waals surface area contributed by atoms with Crippen molar-refractivity contribution < 1.29 is 9.53 Å². The Morgan fingerprint density at radius 2 is 2.28 bits per heavy atom. The van der Waals surface area contributed by atoms with Gasteiger partial charge in [0.15, 0.2) is 12.4 Å². The van der Waals surface area contributed by atoms with E-state index in [9.17, 15) is 4.79 Å². The van der Waals surface area contributed by atoms with Gasteiger partial charge in [0, 0.05) is 19.3 Å². The van der Waals surface area contributed by atoms with E-state index in [1.165, 1.54) is 0 Å². The van der Waals surface area contributed by atoms with Crippen LogP contribution in [0.15, 0.2) is 17.3 Å². The molecule has 0 saturated heterocycles. The zero-order chi connectivity index (χ0) is 13.1. The van der Waals surface area contributed by atoms with Crippen molar-refractivity contribution >= 4 is 35.1 Å². The van der Waals surface area contributed by atoms with E-state index >= 15 is 0 Å². The van der Waals surface area contributed by atoms with Gasteiger partial charge < -0.3 is 9.64 Å². The highest BCUT2D eigenvalue weighted by atomic mass is 35.5. The number of amides is 1. The lowest BCUT2D eigenvalue weighted by atomic mass is 10.2. The van der Waals surface area contributed by atoms with Crippen LogP contribution in [0, 0.1) is 0 Å². The molecule has 0 spiro atoms. The molecule has 7 heteroatoms. The molecular formula is C11H11Cl2N3O2. The topological polar surface area (TPSA) is 54.8 Å². The number of hydrogen-bond donors (Lipinski definition) is 0. The lowest BCUT2D eigenvalue weighted by molar-refractivity contribution is 0.179. The number of halogens is 2. The van der Waals surface area contributed by atoms with Crippen molar-refractivity contribution in [2.24, 2.45) is 4.99 Å². The first-order valence-electron chi connectivity index (χ1n) is 5.39. The highest BCUT2D eigenvalue weighted by Gasteiger charge is 2.20. The average Bonchev–Trinajstić information content (AvgIpc) is 2.77. The predicted molar refractivity (Wildman–Crippen MR) is 69.1 cm³/mol. The highest BCUT2D eigenvalue weighted by Crippen LogP contribution is 2.20. The Morgan fingerprint density at radius 1 is 1.50 bits per heavy atom. The summed E-state index contributed by atoms with van der Waals surface area (Å²) < 4.78 is 4.78. The molecule has 1 aromatic rings.